The fraction of sp³-hybridized carbons (Fsp3) is 0.701. The Bertz CT molecular complexity index is 1870. The second-order valence-electron chi connectivity index (χ2n) is 24.9. The van der Waals surface area contributed by atoms with Gasteiger partial charge in [-0.15, -0.1) is 0 Å². The topological polar surface area (TPSA) is 105 Å². The molecule has 3 unspecified atom stereocenters. The second kappa shape index (κ2) is 66.1. The smallest absolute Gasteiger partial charge is 0.387 e. The molecule has 0 aliphatic carbocycles. The molecule has 0 aromatic carbocycles. The van der Waals surface area contributed by atoms with Gasteiger partial charge in [-0.05, 0) is 109 Å². The summed E-state index contributed by atoms with van der Waals surface area (Å²) in [7, 11) is 1.54. The van der Waals surface area contributed by atoms with Crippen molar-refractivity contribution in [1.82, 2.24) is 5.32 Å². The predicted octanol–water partition coefficient (Wildman–Crippen LogP) is 23.0. The van der Waals surface area contributed by atoms with Gasteiger partial charge in [-0.1, -0.05) is 314 Å². The zero-order valence-corrected chi connectivity index (χ0v) is 57.4. The van der Waals surface area contributed by atoms with E-state index in [0.29, 0.717) is 17.4 Å². The SMILES string of the molecule is CC/C=C\C/C=C\C/C=C\C/C=C\C/C=C\C/C=C\C/C=C\C/C=C\CCCCCCCCCCCCCCCCC(=O)NC(COP(=O)(O)OCC[N+](C)(C)C)C(O)/C=C/CC/C=C/CC/C=C/CCCCCCCCCCCCCCCCC. The van der Waals surface area contributed by atoms with Crippen LogP contribution in [0.25, 0.3) is 0 Å². The first-order valence-electron chi connectivity index (χ1n) is 35.6. The monoisotopic (exact) mass is 1220 g/mol. The van der Waals surface area contributed by atoms with Crippen LogP contribution in [0.4, 0.5) is 0 Å². The van der Waals surface area contributed by atoms with Gasteiger partial charge >= 0.3 is 7.82 Å². The maximum absolute atomic E-state index is 13.1. The minimum absolute atomic E-state index is 0.0485. The highest BCUT2D eigenvalue weighted by atomic mass is 31.2. The number of quaternary nitrogens is 1. The van der Waals surface area contributed by atoms with Gasteiger partial charge in [0.15, 0.2) is 0 Å². The minimum atomic E-state index is -4.37. The van der Waals surface area contributed by atoms with E-state index in [4.69, 9.17) is 9.05 Å². The number of nitrogens with one attached hydrogen (secondary N) is 1. The zero-order chi connectivity index (χ0) is 62.6. The Morgan fingerprint density at radius 2 is 0.709 bits per heavy atom. The molecule has 0 aliphatic heterocycles. The molecular weight excluding hydrogens is 1080 g/mol. The van der Waals surface area contributed by atoms with Crippen molar-refractivity contribution in [3.63, 3.8) is 0 Å². The number of carbonyl (C=O) groups is 1. The normalized spacial score (nSPS) is 14.5. The molecular formula is C77H136N2O6P+. The van der Waals surface area contributed by atoms with Crippen molar-refractivity contribution in [1.29, 1.82) is 0 Å². The lowest BCUT2D eigenvalue weighted by Crippen LogP contribution is -2.45. The molecule has 0 aromatic rings. The van der Waals surface area contributed by atoms with E-state index >= 15 is 0 Å². The van der Waals surface area contributed by atoms with Crippen LogP contribution in [-0.4, -0.2) is 73.4 Å². The maximum Gasteiger partial charge on any atom is 0.472 e. The Morgan fingerprint density at radius 1 is 0.407 bits per heavy atom. The largest absolute Gasteiger partial charge is 0.472 e. The number of aliphatic hydroxyl groups is 1. The summed E-state index contributed by atoms with van der Waals surface area (Å²) in [5.41, 5.74) is 0. The number of phosphoric ester groups is 1. The van der Waals surface area contributed by atoms with Crippen molar-refractivity contribution >= 4 is 13.7 Å². The Hall–Kier alpha value is -3.36. The summed E-state index contributed by atoms with van der Waals surface area (Å²) in [6, 6.07) is -0.880. The summed E-state index contributed by atoms with van der Waals surface area (Å²) < 4.78 is 23.8. The molecule has 0 spiro atoms. The van der Waals surface area contributed by atoms with Gasteiger partial charge in [0.05, 0.1) is 39.9 Å². The van der Waals surface area contributed by atoms with Crippen LogP contribution in [0.2, 0.25) is 0 Å². The summed E-state index contributed by atoms with van der Waals surface area (Å²) in [6.07, 6.45) is 100. The van der Waals surface area contributed by atoms with Crippen LogP contribution < -0.4 is 5.32 Å². The number of amides is 1. The van der Waals surface area contributed by atoms with E-state index in [-0.39, 0.29) is 19.1 Å². The average molecular weight is 1220 g/mol. The van der Waals surface area contributed by atoms with E-state index in [1.807, 2.05) is 27.2 Å². The van der Waals surface area contributed by atoms with E-state index in [2.05, 4.69) is 141 Å². The summed E-state index contributed by atoms with van der Waals surface area (Å²) >= 11 is 0. The predicted molar refractivity (Wildman–Crippen MR) is 378 cm³/mol. The molecule has 0 heterocycles. The van der Waals surface area contributed by atoms with Gasteiger partial charge in [0.1, 0.15) is 13.2 Å². The molecule has 0 fully saturated rings. The van der Waals surface area contributed by atoms with Crippen molar-refractivity contribution < 1.29 is 32.9 Å². The van der Waals surface area contributed by atoms with Crippen LogP contribution >= 0.6 is 7.82 Å². The third kappa shape index (κ3) is 68.1. The molecule has 0 saturated heterocycles. The van der Waals surface area contributed by atoms with Crippen molar-refractivity contribution in [2.45, 2.75) is 309 Å². The number of phosphoric acid groups is 1. The molecule has 9 heteroatoms. The number of nitrogens with zero attached hydrogens (tertiary/aromatic N) is 1. The number of carbonyl (C=O) groups excluding carboxylic acids is 1. The molecule has 86 heavy (non-hydrogen) atoms. The van der Waals surface area contributed by atoms with Gasteiger partial charge in [0, 0.05) is 6.42 Å². The fourth-order valence-corrected chi connectivity index (χ4v) is 10.6. The third-order valence-corrected chi connectivity index (χ3v) is 16.3. The van der Waals surface area contributed by atoms with Crippen LogP contribution in [0.15, 0.2) is 134 Å². The van der Waals surface area contributed by atoms with E-state index in [9.17, 15) is 19.4 Å². The Balaban J connectivity index is 4.13. The van der Waals surface area contributed by atoms with Crippen LogP contribution in [0, 0.1) is 0 Å². The van der Waals surface area contributed by atoms with Gasteiger partial charge in [0.2, 0.25) is 5.91 Å². The van der Waals surface area contributed by atoms with Gasteiger partial charge in [-0.3, -0.25) is 13.8 Å². The van der Waals surface area contributed by atoms with Crippen molar-refractivity contribution in [3.8, 4) is 0 Å². The molecule has 0 saturated carbocycles. The van der Waals surface area contributed by atoms with Gasteiger partial charge in [0.25, 0.3) is 0 Å². The van der Waals surface area contributed by atoms with E-state index in [1.54, 1.807) is 6.08 Å². The molecule has 3 N–H and O–H groups in total. The van der Waals surface area contributed by atoms with Crippen molar-refractivity contribution in [3.05, 3.63) is 134 Å². The summed E-state index contributed by atoms with van der Waals surface area (Å²) in [6.45, 7) is 4.69. The number of aliphatic hydroxyl groups excluding tert-OH is 1. The number of hydrogen-bond acceptors (Lipinski definition) is 5. The summed E-state index contributed by atoms with van der Waals surface area (Å²) in [4.78, 5) is 23.4. The lowest BCUT2D eigenvalue weighted by molar-refractivity contribution is -0.870. The number of allylic oxidation sites excluding steroid dienone is 21. The van der Waals surface area contributed by atoms with E-state index in [0.717, 1.165) is 96.3 Å². The Labute approximate surface area is 532 Å². The first-order valence-corrected chi connectivity index (χ1v) is 37.1. The number of rotatable bonds is 64. The number of hydrogen-bond donors (Lipinski definition) is 3. The molecule has 0 bridgehead atoms. The fourth-order valence-electron chi connectivity index (χ4n) is 9.86. The number of likely N-dealkylation sites (N-methyl/N-ethyl adjacent to an activating group) is 1. The molecule has 3 atom stereocenters. The van der Waals surface area contributed by atoms with Crippen LogP contribution in [0.5, 0.6) is 0 Å². The molecule has 8 nitrogen and oxygen atoms in total. The lowest BCUT2D eigenvalue weighted by atomic mass is 10.0. The van der Waals surface area contributed by atoms with Gasteiger partial charge in [-0.25, -0.2) is 4.57 Å². The summed E-state index contributed by atoms with van der Waals surface area (Å²) in [5, 5.41) is 14.0. The van der Waals surface area contributed by atoms with E-state index in [1.165, 1.54) is 180 Å². The van der Waals surface area contributed by atoms with Crippen molar-refractivity contribution in [2.75, 3.05) is 40.9 Å². The zero-order valence-electron chi connectivity index (χ0n) is 56.5. The Kier molecular flexibility index (Phi) is 63.5. The van der Waals surface area contributed by atoms with Crippen molar-refractivity contribution in [2.24, 2.45) is 0 Å². The first kappa shape index (κ1) is 82.6. The number of unbranched alkanes of at least 4 members (excludes halogenated alkanes) is 31. The first-order chi connectivity index (χ1) is 42.0. The molecule has 0 rings (SSSR count). The highest BCUT2D eigenvalue weighted by Gasteiger charge is 2.28. The maximum atomic E-state index is 13.1. The molecule has 0 aromatic heterocycles. The van der Waals surface area contributed by atoms with E-state index < -0.39 is 20.0 Å². The molecule has 0 aliphatic rings. The molecule has 0 radical (unpaired) electrons. The van der Waals surface area contributed by atoms with Gasteiger partial charge in [-0.2, -0.15) is 0 Å². The molecule has 494 valence electrons. The standard InChI is InChI=1S/C77H135N2O6P/c1-6-8-10-12-14-16-18-20-22-24-26-28-30-32-33-34-35-36-37-38-39-40-41-42-43-44-45-47-49-51-53-55-57-59-61-63-65-67-69-71-77(81)78-75(74-85-86(82,83)84-73-72-79(3,4)5)76(80)70-68-66-64-62-60-58-56-54-52-50-48-46-31-29-27-25-23-21-19-17-15-13-11-9-7-2/h8,10,14,16,20,22,26,28,32-33,35-36,38-39,41-42,52,54,60,62,68,70,75-76,80H,6-7,9,11-13,15,17-19,21,23-25,27,29-31,34,37,40,43-51,53,55-59,61,63-67,69,71-74H2,1-5H3,(H-,78,81,82,83)/p+1/b10-8-,16-14-,22-20-,28-26-,33-32-,36-35-,39-38-,42-41-,54-52+,62-60+,70-68+. The minimum Gasteiger partial charge on any atom is -0.387 e. The summed E-state index contributed by atoms with van der Waals surface area (Å²) in [5.74, 6) is -0.194. The molecule has 1 amide bonds. The third-order valence-electron chi connectivity index (χ3n) is 15.3. The quantitative estimate of drug-likeness (QED) is 0.0243. The van der Waals surface area contributed by atoms with Crippen LogP contribution in [-0.2, 0) is 18.4 Å². The van der Waals surface area contributed by atoms with Crippen LogP contribution in [0.3, 0.4) is 0 Å². The highest BCUT2D eigenvalue weighted by molar-refractivity contribution is 7.47. The lowest BCUT2D eigenvalue weighted by Gasteiger charge is -2.25. The Morgan fingerprint density at radius 3 is 1.07 bits per heavy atom. The van der Waals surface area contributed by atoms with Crippen LogP contribution in [0.1, 0.15) is 296 Å². The average Bonchev–Trinajstić information content (AvgIpc) is 3.70. The highest BCUT2D eigenvalue weighted by Crippen LogP contribution is 2.43. The van der Waals surface area contributed by atoms with Gasteiger partial charge < -0.3 is 19.8 Å². The second-order valence-corrected chi connectivity index (χ2v) is 26.3.